The van der Waals surface area contributed by atoms with Crippen molar-refractivity contribution in [3.05, 3.63) is 146 Å². The Morgan fingerprint density at radius 3 is 2.09 bits per heavy atom. The smallest absolute Gasteiger partial charge is 0.227 e. The molecule has 9 aromatic rings. The van der Waals surface area contributed by atoms with Crippen LogP contribution < -0.4 is 4.90 Å². The van der Waals surface area contributed by atoms with E-state index in [1.165, 1.54) is 5.56 Å². The first-order chi connectivity index (χ1) is 21.3. The maximum atomic E-state index is 6.34. The van der Waals surface area contributed by atoms with Gasteiger partial charge in [-0.05, 0) is 83.2 Å². The molecule has 3 heterocycles. The van der Waals surface area contributed by atoms with Crippen molar-refractivity contribution in [3.8, 4) is 11.1 Å². The first-order valence-corrected chi connectivity index (χ1v) is 14.4. The summed E-state index contributed by atoms with van der Waals surface area (Å²) in [7, 11) is 0. The van der Waals surface area contributed by atoms with Crippen LogP contribution in [0, 0.1) is 0 Å². The third kappa shape index (κ3) is 3.81. The average molecular weight is 553 g/mol. The van der Waals surface area contributed by atoms with Gasteiger partial charge in [0.25, 0.3) is 0 Å². The van der Waals surface area contributed by atoms with Crippen molar-refractivity contribution in [2.45, 2.75) is 0 Å². The lowest BCUT2D eigenvalue weighted by atomic mass is 10.0. The molecule has 0 amide bonds. The van der Waals surface area contributed by atoms with Gasteiger partial charge in [-0.2, -0.15) is 0 Å². The molecule has 3 aromatic heterocycles. The second-order valence-electron chi connectivity index (χ2n) is 10.8. The van der Waals surface area contributed by atoms with Crippen LogP contribution in [0.25, 0.3) is 65.9 Å². The Morgan fingerprint density at radius 2 is 1.16 bits per heavy atom. The third-order valence-corrected chi connectivity index (χ3v) is 8.30. The molecule has 0 aliphatic heterocycles. The average Bonchev–Trinajstić information content (AvgIpc) is 3.64. The fourth-order valence-corrected chi connectivity index (χ4v) is 6.27. The SMILES string of the molecule is c1ccc(-c2cccc(N(c3ccc4oc5ccccc5c4c3)c3ccc4ccc5c6cccnc6oc5c4c3)c2)cc1. The molecule has 0 aliphatic carbocycles. The fourth-order valence-electron chi connectivity index (χ4n) is 6.27. The maximum Gasteiger partial charge on any atom is 0.227 e. The lowest BCUT2D eigenvalue weighted by molar-refractivity contribution is 0.657. The largest absolute Gasteiger partial charge is 0.456 e. The van der Waals surface area contributed by atoms with E-state index >= 15 is 0 Å². The normalized spacial score (nSPS) is 11.7. The van der Waals surface area contributed by atoms with Crippen molar-refractivity contribution in [3.63, 3.8) is 0 Å². The van der Waals surface area contributed by atoms with Crippen molar-refractivity contribution in [2.24, 2.45) is 0 Å². The zero-order valence-electron chi connectivity index (χ0n) is 23.1. The molecule has 4 heteroatoms. The van der Waals surface area contributed by atoms with Crippen LogP contribution in [0.1, 0.15) is 0 Å². The van der Waals surface area contributed by atoms with Crippen molar-refractivity contribution in [1.29, 1.82) is 0 Å². The Kier molecular flexibility index (Phi) is 5.16. The van der Waals surface area contributed by atoms with E-state index in [-0.39, 0.29) is 0 Å². The first-order valence-electron chi connectivity index (χ1n) is 14.4. The van der Waals surface area contributed by atoms with Crippen LogP contribution in [0.5, 0.6) is 0 Å². The van der Waals surface area contributed by atoms with Gasteiger partial charge in [0.2, 0.25) is 5.71 Å². The summed E-state index contributed by atoms with van der Waals surface area (Å²) in [5.74, 6) is 0. The summed E-state index contributed by atoms with van der Waals surface area (Å²) in [6.07, 6.45) is 1.77. The van der Waals surface area contributed by atoms with Gasteiger partial charge in [0.05, 0.1) is 0 Å². The van der Waals surface area contributed by atoms with Crippen LogP contribution in [0.15, 0.2) is 155 Å². The Bertz CT molecular complexity index is 2470. The van der Waals surface area contributed by atoms with Gasteiger partial charge >= 0.3 is 0 Å². The van der Waals surface area contributed by atoms with Crippen LogP contribution >= 0.6 is 0 Å². The Labute approximate surface area is 247 Å². The van der Waals surface area contributed by atoms with Gasteiger partial charge < -0.3 is 13.7 Å². The maximum absolute atomic E-state index is 6.34. The predicted molar refractivity (Wildman–Crippen MR) is 176 cm³/mol. The summed E-state index contributed by atoms with van der Waals surface area (Å²) in [6, 6.07) is 48.7. The Morgan fingerprint density at radius 1 is 0.442 bits per heavy atom. The summed E-state index contributed by atoms with van der Waals surface area (Å²) in [6.45, 7) is 0. The van der Waals surface area contributed by atoms with Crippen LogP contribution in [-0.2, 0) is 0 Å². The fraction of sp³-hybridized carbons (Fsp3) is 0. The highest BCUT2D eigenvalue weighted by molar-refractivity contribution is 6.15. The van der Waals surface area contributed by atoms with Crippen LogP contribution in [0.4, 0.5) is 17.1 Å². The molecular formula is C39H24N2O2. The van der Waals surface area contributed by atoms with Crippen molar-refractivity contribution < 1.29 is 8.83 Å². The first kappa shape index (κ1) is 23.8. The second kappa shape index (κ2) is 9.33. The molecule has 4 nitrogen and oxygen atoms in total. The van der Waals surface area contributed by atoms with E-state index in [4.69, 9.17) is 8.83 Å². The van der Waals surface area contributed by atoms with Gasteiger partial charge in [-0.3, -0.25) is 0 Å². The highest BCUT2D eigenvalue weighted by Gasteiger charge is 2.18. The molecule has 6 aromatic carbocycles. The topological polar surface area (TPSA) is 42.4 Å². The number of pyridine rings is 1. The van der Waals surface area contributed by atoms with Crippen molar-refractivity contribution in [1.82, 2.24) is 4.98 Å². The summed E-state index contributed by atoms with van der Waals surface area (Å²) >= 11 is 0. The lowest BCUT2D eigenvalue weighted by Crippen LogP contribution is -2.10. The number of furan rings is 2. The minimum Gasteiger partial charge on any atom is -0.456 e. The van der Waals surface area contributed by atoms with Crippen LogP contribution in [0.2, 0.25) is 0 Å². The molecule has 0 atom stereocenters. The summed E-state index contributed by atoms with van der Waals surface area (Å²) in [4.78, 5) is 6.79. The summed E-state index contributed by atoms with van der Waals surface area (Å²) in [5, 5.41) is 6.44. The van der Waals surface area contributed by atoms with Gasteiger partial charge in [0.1, 0.15) is 16.7 Å². The quantitative estimate of drug-likeness (QED) is 0.218. The van der Waals surface area contributed by atoms with Crippen molar-refractivity contribution >= 4 is 71.8 Å². The molecule has 0 radical (unpaired) electrons. The molecule has 202 valence electrons. The van der Waals surface area contributed by atoms with E-state index < -0.39 is 0 Å². The van der Waals surface area contributed by atoms with E-state index in [9.17, 15) is 0 Å². The number of hydrogen-bond acceptors (Lipinski definition) is 4. The monoisotopic (exact) mass is 552 g/mol. The molecule has 0 bridgehead atoms. The molecule has 43 heavy (non-hydrogen) atoms. The van der Waals surface area contributed by atoms with E-state index in [1.807, 2.05) is 24.3 Å². The van der Waals surface area contributed by atoms with Crippen molar-refractivity contribution in [2.75, 3.05) is 4.90 Å². The van der Waals surface area contributed by atoms with Crippen LogP contribution in [-0.4, -0.2) is 4.98 Å². The number of benzene rings is 6. The van der Waals surface area contributed by atoms with E-state index in [0.29, 0.717) is 5.71 Å². The predicted octanol–water partition coefficient (Wildman–Crippen LogP) is 11.2. The Balaban J connectivity index is 1.30. The van der Waals surface area contributed by atoms with E-state index in [0.717, 1.165) is 71.7 Å². The number of hydrogen-bond donors (Lipinski definition) is 0. The van der Waals surface area contributed by atoms with Gasteiger partial charge in [0, 0.05) is 50.2 Å². The highest BCUT2D eigenvalue weighted by Crippen LogP contribution is 2.42. The highest BCUT2D eigenvalue weighted by atomic mass is 16.3. The Hall–Kier alpha value is -5.87. The third-order valence-electron chi connectivity index (χ3n) is 8.30. The number of rotatable bonds is 4. The van der Waals surface area contributed by atoms with Gasteiger partial charge in [0.15, 0.2) is 0 Å². The lowest BCUT2D eigenvalue weighted by Gasteiger charge is -2.26. The summed E-state index contributed by atoms with van der Waals surface area (Å²) in [5.41, 5.74) is 8.73. The number of nitrogens with zero attached hydrogens (tertiary/aromatic N) is 2. The minimum absolute atomic E-state index is 0.653. The number of fused-ring (bicyclic) bond motifs is 8. The molecular weight excluding hydrogens is 528 g/mol. The molecule has 0 spiro atoms. The minimum atomic E-state index is 0.653. The number of aromatic nitrogens is 1. The molecule has 0 saturated heterocycles. The zero-order chi connectivity index (χ0) is 28.3. The van der Waals surface area contributed by atoms with Gasteiger partial charge in [-0.1, -0.05) is 72.8 Å². The van der Waals surface area contributed by atoms with Gasteiger partial charge in [-0.25, -0.2) is 4.98 Å². The molecule has 0 saturated carbocycles. The van der Waals surface area contributed by atoms with Crippen LogP contribution in [0.3, 0.4) is 0 Å². The standard InChI is InChI=1S/C39H24N2O2/c1-2-8-25(9-3-1)27-10-6-11-28(22-27)41(30-18-20-37-35(24-30)31-12-4-5-14-36(31)42-37)29-17-15-26-16-19-32-33-13-7-21-40-39(33)43-38(32)34(26)23-29/h1-24H. The number of anilines is 3. The summed E-state index contributed by atoms with van der Waals surface area (Å²) < 4.78 is 12.5. The molecule has 0 N–H and O–H groups in total. The molecule has 0 fully saturated rings. The second-order valence-corrected chi connectivity index (χ2v) is 10.8. The number of para-hydroxylation sites is 1. The molecule has 9 rings (SSSR count). The molecule has 0 aliphatic rings. The molecule has 0 unspecified atom stereocenters. The van der Waals surface area contributed by atoms with E-state index in [2.05, 4.69) is 125 Å². The van der Waals surface area contributed by atoms with E-state index in [1.54, 1.807) is 6.20 Å². The zero-order valence-corrected chi connectivity index (χ0v) is 23.1. The van der Waals surface area contributed by atoms with Gasteiger partial charge in [-0.15, -0.1) is 0 Å².